The van der Waals surface area contributed by atoms with Gasteiger partial charge in [0.05, 0.1) is 0 Å². The van der Waals surface area contributed by atoms with Gasteiger partial charge in [-0.3, -0.25) is 4.79 Å². The third kappa shape index (κ3) is 2.35. The van der Waals surface area contributed by atoms with Crippen LogP contribution in [-0.4, -0.2) is 5.78 Å². The molecule has 0 fully saturated rings. The van der Waals surface area contributed by atoms with Gasteiger partial charge in [0.25, 0.3) is 0 Å². The molecule has 0 radical (unpaired) electrons. The van der Waals surface area contributed by atoms with E-state index < -0.39 is 0 Å². The smallest absolute Gasteiger partial charge is 0.187 e. The van der Waals surface area contributed by atoms with Crippen molar-refractivity contribution >= 4 is 11.4 Å². The van der Waals surface area contributed by atoms with Gasteiger partial charge >= 0.3 is 0 Å². The minimum Gasteiger partial charge on any atom is -0.289 e. The molecule has 1 heteroatoms. The molecule has 0 aromatic heterocycles. The molecule has 3 rings (SSSR count). The van der Waals surface area contributed by atoms with E-state index in [1.165, 1.54) is 0 Å². The van der Waals surface area contributed by atoms with Crippen LogP contribution in [0.25, 0.3) is 5.57 Å². The maximum atomic E-state index is 12.4. The lowest BCUT2D eigenvalue weighted by molar-refractivity contribution is -0.109. The van der Waals surface area contributed by atoms with Crippen molar-refractivity contribution in [3.8, 4) is 0 Å². The fourth-order valence-corrected chi connectivity index (χ4v) is 2.55. The highest BCUT2D eigenvalue weighted by atomic mass is 16.1. The molecule has 1 aromatic carbocycles. The fraction of sp³-hybridized carbons (Fsp3) is 0.105. The zero-order valence-electron chi connectivity index (χ0n) is 11.3. The molecule has 0 bridgehead atoms. The van der Waals surface area contributed by atoms with E-state index in [1.807, 2.05) is 36.4 Å². The first-order valence-corrected chi connectivity index (χ1v) is 6.85. The average molecular weight is 260 g/mol. The zero-order chi connectivity index (χ0) is 13.9. The molecule has 0 aliphatic heterocycles. The predicted molar refractivity (Wildman–Crippen MR) is 83.1 cm³/mol. The van der Waals surface area contributed by atoms with Crippen molar-refractivity contribution in [2.75, 3.05) is 0 Å². The van der Waals surface area contributed by atoms with Crippen molar-refractivity contribution in [3.63, 3.8) is 0 Å². The molecule has 0 spiro atoms. The Hall–Kier alpha value is -2.41. The summed E-state index contributed by atoms with van der Waals surface area (Å²) in [6.07, 6.45) is 12.1. The van der Waals surface area contributed by atoms with Crippen LogP contribution in [0.1, 0.15) is 18.4 Å². The molecule has 2 aliphatic rings. The monoisotopic (exact) mass is 260 g/mol. The number of carbonyl (C=O) groups is 1. The molecule has 1 nitrogen and oxygen atoms in total. The summed E-state index contributed by atoms with van der Waals surface area (Å²) in [7, 11) is 0. The summed E-state index contributed by atoms with van der Waals surface area (Å²) in [5, 5.41) is 0. The van der Waals surface area contributed by atoms with Crippen LogP contribution in [0.4, 0.5) is 0 Å². The summed E-state index contributed by atoms with van der Waals surface area (Å²) in [4.78, 5) is 12.4. The van der Waals surface area contributed by atoms with Gasteiger partial charge in [-0.25, -0.2) is 0 Å². The fourth-order valence-electron chi connectivity index (χ4n) is 2.55. The van der Waals surface area contributed by atoms with E-state index in [0.717, 1.165) is 40.7 Å². The minimum atomic E-state index is 0.0541. The Morgan fingerprint density at radius 1 is 0.950 bits per heavy atom. The van der Waals surface area contributed by atoms with E-state index in [-0.39, 0.29) is 5.78 Å². The van der Waals surface area contributed by atoms with E-state index in [9.17, 15) is 4.79 Å². The molecule has 0 saturated carbocycles. The van der Waals surface area contributed by atoms with Crippen LogP contribution in [-0.2, 0) is 4.79 Å². The number of hydrogen-bond acceptors (Lipinski definition) is 1. The van der Waals surface area contributed by atoms with Gasteiger partial charge in [-0.1, -0.05) is 55.1 Å². The van der Waals surface area contributed by atoms with Crippen LogP contribution < -0.4 is 0 Å². The van der Waals surface area contributed by atoms with E-state index in [4.69, 9.17) is 0 Å². The lowest BCUT2D eigenvalue weighted by Gasteiger charge is -2.18. The van der Waals surface area contributed by atoms with Gasteiger partial charge < -0.3 is 0 Å². The Balaban J connectivity index is 1.95. The SMILES string of the molecule is C=C1C=C(c2ccccc2)C(=O)C=C1C1=CCCC=C1. The van der Waals surface area contributed by atoms with Crippen molar-refractivity contribution in [2.24, 2.45) is 0 Å². The molecule has 98 valence electrons. The Kier molecular flexibility index (Phi) is 3.34. The summed E-state index contributed by atoms with van der Waals surface area (Å²) in [6.45, 7) is 4.11. The van der Waals surface area contributed by atoms with Gasteiger partial charge in [0.1, 0.15) is 0 Å². The van der Waals surface area contributed by atoms with Gasteiger partial charge in [-0.15, -0.1) is 0 Å². The standard InChI is InChI=1S/C19H16O/c1-14-12-18(16-10-6-3-7-11-16)19(20)13-17(14)15-8-4-2-5-9-15/h3-4,6-13H,1-2,5H2. The third-order valence-electron chi connectivity index (χ3n) is 3.60. The number of rotatable bonds is 2. The summed E-state index contributed by atoms with van der Waals surface area (Å²) < 4.78 is 0. The van der Waals surface area contributed by atoms with Crippen LogP contribution >= 0.6 is 0 Å². The number of benzene rings is 1. The Labute approximate surface area is 119 Å². The molecule has 0 unspecified atom stereocenters. The summed E-state index contributed by atoms with van der Waals surface area (Å²) in [6, 6.07) is 9.74. The molecule has 20 heavy (non-hydrogen) atoms. The maximum absolute atomic E-state index is 12.4. The molecule has 2 aliphatic carbocycles. The quantitative estimate of drug-likeness (QED) is 0.769. The van der Waals surface area contributed by atoms with Crippen LogP contribution in [0.3, 0.4) is 0 Å². The largest absolute Gasteiger partial charge is 0.289 e. The van der Waals surface area contributed by atoms with Crippen molar-refractivity contribution in [1.29, 1.82) is 0 Å². The average Bonchev–Trinajstić information content (AvgIpc) is 2.51. The molecular weight excluding hydrogens is 244 g/mol. The lowest BCUT2D eigenvalue weighted by Crippen LogP contribution is -2.07. The molecule has 0 amide bonds. The molecule has 1 aromatic rings. The number of allylic oxidation sites excluding steroid dienone is 9. The summed E-state index contributed by atoms with van der Waals surface area (Å²) >= 11 is 0. The van der Waals surface area contributed by atoms with E-state index in [0.29, 0.717) is 0 Å². The second-order valence-corrected chi connectivity index (χ2v) is 5.01. The minimum absolute atomic E-state index is 0.0541. The van der Waals surface area contributed by atoms with Crippen molar-refractivity contribution < 1.29 is 4.79 Å². The maximum Gasteiger partial charge on any atom is 0.187 e. The number of hydrogen-bond donors (Lipinski definition) is 0. The van der Waals surface area contributed by atoms with Crippen LogP contribution in [0.5, 0.6) is 0 Å². The summed E-state index contributed by atoms with van der Waals surface area (Å²) in [5.74, 6) is 0.0541. The van der Waals surface area contributed by atoms with Crippen molar-refractivity contribution in [2.45, 2.75) is 12.8 Å². The molecular formula is C19H16O. The number of ketones is 1. The van der Waals surface area contributed by atoms with Crippen LogP contribution in [0, 0.1) is 0 Å². The third-order valence-corrected chi connectivity index (χ3v) is 3.60. The Morgan fingerprint density at radius 2 is 1.75 bits per heavy atom. The Bertz CT molecular complexity index is 682. The highest BCUT2D eigenvalue weighted by Gasteiger charge is 2.19. The Morgan fingerprint density at radius 3 is 2.45 bits per heavy atom. The van der Waals surface area contributed by atoms with Crippen LogP contribution in [0.15, 0.2) is 84.0 Å². The van der Waals surface area contributed by atoms with E-state index in [2.05, 4.69) is 24.8 Å². The first-order chi connectivity index (χ1) is 9.75. The normalized spacial score (nSPS) is 18.5. The summed E-state index contributed by atoms with van der Waals surface area (Å²) in [5.41, 5.74) is 4.63. The van der Waals surface area contributed by atoms with Gasteiger partial charge in [-0.2, -0.15) is 0 Å². The van der Waals surface area contributed by atoms with Gasteiger partial charge in [0.15, 0.2) is 5.78 Å². The molecule has 0 saturated heterocycles. The van der Waals surface area contributed by atoms with Crippen molar-refractivity contribution in [3.05, 3.63) is 89.6 Å². The first-order valence-electron chi connectivity index (χ1n) is 6.85. The first kappa shape index (κ1) is 12.6. The van der Waals surface area contributed by atoms with Gasteiger partial charge in [0.2, 0.25) is 0 Å². The predicted octanol–water partition coefficient (Wildman–Crippen LogP) is 4.41. The van der Waals surface area contributed by atoms with Crippen LogP contribution in [0.2, 0.25) is 0 Å². The van der Waals surface area contributed by atoms with E-state index >= 15 is 0 Å². The zero-order valence-corrected chi connectivity index (χ0v) is 11.3. The highest BCUT2D eigenvalue weighted by Crippen LogP contribution is 2.31. The highest BCUT2D eigenvalue weighted by molar-refractivity contribution is 6.28. The molecule has 0 N–H and O–H groups in total. The molecule has 0 heterocycles. The lowest BCUT2D eigenvalue weighted by atomic mass is 9.85. The van der Waals surface area contributed by atoms with Gasteiger partial charge in [-0.05, 0) is 47.3 Å². The van der Waals surface area contributed by atoms with Crippen molar-refractivity contribution in [1.82, 2.24) is 0 Å². The molecule has 0 atom stereocenters. The topological polar surface area (TPSA) is 17.1 Å². The number of carbonyl (C=O) groups excluding carboxylic acids is 1. The van der Waals surface area contributed by atoms with Gasteiger partial charge in [0, 0.05) is 5.57 Å². The van der Waals surface area contributed by atoms with E-state index in [1.54, 1.807) is 6.08 Å². The second kappa shape index (κ2) is 5.30. The second-order valence-electron chi connectivity index (χ2n) is 5.01.